The van der Waals surface area contributed by atoms with E-state index in [-0.39, 0.29) is 23.9 Å². The number of fused-ring (bicyclic) bond motifs is 1. The fourth-order valence-corrected chi connectivity index (χ4v) is 3.59. The van der Waals surface area contributed by atoms with Gasteiger partial charge in [0.05, 0.1) is 18.7 Å². The first kappa shape index (κ1) is 18.9. The molecule has 2 aliphatic rings. The third-order valence-electron chi connectivity index (χ3n) is 5.13. The van der Waals surface area contributed by atoms with E-state index in [9.17, 15) is 9.59 Å². The Morgan fingerprint density at radius 3 is 3.00 bits per heavy atom. The maximum Gasteiger partial charge on any atom is 0.252 e. The highest BCUT2D eigenvalue weighted by molar-refractivity contribution is 5.93. The van der Waals surface area contributed by atoms with Gasteiger partial charge in [-0.15, -0.1) is 0 Å². The Morgan fingerprint density at radius 1 is 1.31 bits per heavy atom. The molecular formula is C21H23N5O3. The highest BCUT2D eigenvalue weighted by Gasteiger charge is 2.39. The average Bonchev–Trinajstić information content (AvgIpc) is 3.21. The van der Waals surface area contributed by atoms with E-state index in [4.69, 9.17) is 4.74 Å². The Kier molecular flexibility index (Phi) is 5.44. The minimum absolute atomic E-state index is 0.0148. The zero-order chi connectivity index (χ0) is 20.2. The van der Waals surface area contributed by atoms with Gasteiger partial charge < -0.3 is 20.0 Å². The first-order valence-corrected chi connectivity index (χ1v) is 9.51. The second kappa shape index (κ2) is 8.32. The number of amides is 2. The van der Waals surface area contributed by atoms with Crippen LogP contribution in [0.25, 0.3) is 0 Å². The predicted molar refractivity (Wildman–Crippen MR) is 107 cm³/mol. The zero-order valence-corrected chi connectivity index (χ0v) is 16.1. The summed E-state index contributed by atoms with van der Waals surface area (Å²) in [5.74, 6) is 0.608. The summed E-state index contributed by atoms with van der Waals surface area (Å²) >= 11 is 0. The molecule has 2 N–H and O–H groups in total. The number of methoxy groups -OCH3 is 1. The fourth-order valence-electron chi connectivity index (χ4n) is 3.59. The van der Waals surface area contributed by atoms with Crippen LogP contribution in [0.5, 0.6) is 5.75 Å². The van der Waals surface area contributed by atoms with Crippen molar-refractivity contribution in [1.82, 2.24) is 25.6 Å². The van der Waals surface area contributed by atoms with Crippen LogP contribution in [0.2, 0.25) is 0 Å². The molecule has 0 bridgehead atoms. The Hall–Kier alpha value is -3.39. The van der Waals surface area contributed by atoms with Crippen LogP contribution in [0.1, 0.15) is 28.4 Å². The number of hydrogen-bond acceptors (Lipinski definition) is 6. The molecule has 1 saturated heterocycles. The Bertz CT molecular complexity index is 918. The van der Waals surface area contributed by atoms with Crippen LogP contribution < -0.4 is 15.5 Å². The molecule has 2 unspecified atom stereocenters. The molecule has 1 fully saturated rings. The van der Waals surface area contributed by atoms with Crippen molar-refractivity contribution in [3.63, 3.8) is 0 Å². The van der Waals surface area contributed by atoms with Crippen molar-refractivity contribution in [2.45, 2.75) is 18.5 Å². The molecule has 0 aliphatic carbocycles. The van der Waals surface area contributed by atoms with Gasteiger partial charge >= 0.3 is 0 Å². The molecule has 0 spiro atoms. The van der Waals surface area contributed by atoms with Crippen LogP contribution in [0.15, 0.2) is 61.2 Å². The number of carbonyl (C=O) groups excluding carboxylic acids is 2. The van der Waals surface area contributed by atoms with Crippen LogP contribution >= 0.6 is 0 Å². The first-order valence-electron chi connectivity index (χ1n) is 9.51. The first-order chi connectivity index (χ1) is 14.2. The molecule has 2 aromatic rings. The van der Waals surface area contributed by atoms with Crippen LogP contribution in [0.4, 0.5) is 0 Å². The lowest BCUT2D eigenvalue weighted by Gasteiger charge is -2.31. The summed E-state index contributed by atoms with van der Waals surface area (Å²) in [5.41, 5.74) is 4.95. The number of hydrazine groups is 1. The Morgan fingerprint density at radius 2 is 2.21 bits per heavy atom. The van der Waals surface area contributed by atoms with Crippen molar-refractivity contribution in [2.75, 3.05) is 20.2 Å². The summed E-state index contributed by atoms with van der Waals surface area (Å²) in [6, 6.07) is 11.0. The molecule has 1 aromatic heterocycles. The number of hydrogen-bond donors (Lipinski definition) is 2. The molecule has 2 aliphatic heterocycles. The van der Waals surface area contributed by atoms with E-state index in [2.05, 4.69) is 15.7 Å². The van der Waals surface area contributed by atoms with E-state index in [1.165, 1.54) is 6.20 Å². The second-order valence-electron chi connectivity index (χ2n) is 6.94. The van der Waals surface area contributed by atoms with Gasteiger partial charge in [-0.25, -0.2) is 5.43 Å². The van der Waals surface area contributed by atoms with Gasteiger partial charge in [-0.2, -0.15) is 0 Å². The minimum atomic E-state index is -0.273. The van der Waals surface area contributed by atoms with Crippen molar-refractivity contribution < 1.29 is 14.3 Å². The number of pyridine rings is 1. The van der Waals surface area contributed by atoms with Gasteiger partial charge in [0, 0.05) is 37.9 Å². The number of benzene rings is 1. The van der Waals surface area contributed by atoms with Gasteiger partial charge in [0.15, 0.2) is 0 Å². The second-order valence-corrected chi connectivity index (χ2v) is 6.94. The van der Waals surface area contributed by atoms with Gasteiger partial charge in [-0.1, -0.05) is 12.1 Å². The zero-order valence-electron chi connectivity index (χ0n) is 16.1. The fraction of sp³-hybridized carbons (Fsp3) is 0.286. The molecule has 2 amide bonds. The third-order valence-corrected chi connectivity index (χ3v) is 5.13. The quantitative estimate of drug-likeness (QED) is 0.773. The van der Waals surface area contributed by atoms with Gasteiger partial charge in [0.25, 0.3) is 11.8 Å². The largest absolute Gasteiger partial charge is 0.497 e. The molecular weight excluding hydrogens is 370 g/mol. The Labute approximate surface area is 169 Å². The highest BCUT2D eigenvalue weighted by Crippen LogP contribution is 2.32. The van der Waals surface area contributed by atoms with E-state index in [0.717, 1.165) is 11.3 Å². The molecule has 150 valence electrons. The van der Waals surface area contributed by atoms with E-state index in [0.29, 0.717) is 25.1 Å². The number of nitrogens with one attached hydrogen (secondary N) is 2. The summed E-state index contributed by atoms with van der Waals surface area (Å²) in [6.07, 6.45) is 7.41. The molecule has 4 rings (SSSR count). The van der Waals surface area contributed by atoms with E-state index in [1.807, 2.05) is 35.5 Å². The van der Waals surface area contributed by atoms with Crippen molar-refractivity contribution >= 4 is 11.8 Å². The predicted octanol–water partition coefficient (Wildman–Crippen LogP) is 1.45. The third kappa shape index (κ3) is 4.07. The molecule has 8 nitrogen and oxygen atoms in total. The van der Waals surface area contributed by atoms with Crippen LogP contribution in [0, 0.1) is 0 Å². The maximum atomic E-state index is 12.9. The summed E-state index contributed by atoms with van der Waals surface area (Å²) < 4.78 is 5.30. The van der Waals surface area contributed by atoms with Crippen LogP contribution in [0.3, 0.4) is 0 Å². The smallest absolute Gasteiger partial charge is 0.252 e. The Balaban J connectivity index is 1.33. The number of rotatable bonds is 6. The number of aromatic nitrogens is 1. The summed E-state index contributed by atoms with van der Waals surface area (Å²) in [6.45, 7) is 0.777. The maximum absolute atomic E-state index is 12.9. The highest BCUT2D eigenvalue weighted by atomic mass is 16.5. The lowest BCUT2D eigenvalue weighted by atomic mass is 10.0. The summed E-state index contributed by atoms with van der Waals surface area (Å²) in [7, 11) is 1.64. The standard InChI is InChI=1S/C21H23N5O3/c1-29-17-6-2-4-15(12-17)18-13-19-21(28)25(10-11-26(19)24-18)9-8-23-20(27)16-5-3-7-22-14-16/h2-7,10-12,14,18-19,24H,8-9,13H2,1H3,(H,23,27). The van der Waals surface area contributed by atoms with Crippen molar-refractivity contribution in [1.29, 1.82) is 0 Å². The van der Waals surface area contributed by atoms with Crippen molar-refractivity contribution in [3.8, 4) is 5.75 Å². The van der Waals surface area contributed by atoms with E-state index >= 15 is 0 Å². The molecule has 8 heteroatoms. The molecule has 2 atom stereocenters. The normalized spacial score (nSPS) is 20.5. The van der Waals surface area contributed by atoms with Crippen LogP contribution in [-0.4, -0.2) is 52.9 Å². The lowest BCUT2D eigenvalue weighted by molar-refractivity contribution is -0.134. The minimum Gasteiger partial charge on any atom is -0.497 e. The van der Waals surface area contributed by atoms with Crippen molar-refractivity contribution in [3.05, 3.63) is 72.3 Å². The molecule has 0 saturated carbocycles. The molecule has 29 heavy (non-hydrogen) atoms. The van der Waals surface area contributed by atoms with Gasteiger partial charge in [0.2, 0.25) is 0 Å². The van der Waals surface area contributed by atoms with E-state index in [1.54, 1.807) is 36.5 Å². The van der Waals surface area contributed by atoms with Gasteiger partial charge in [-0.3, -0.25) is 14.6 Å². The number of carbonyl (C=O) groups is 2. The summed E-state index contributed by atoms with van der Waals surface area (Å²) in [5, 5.41) is 4.68. The van der Waals surface area contributed by atoms with Gasteiger partial charge in [0.1, 0.15) is 11.8 Å². The number of ether oxygens (including phenoxy) is 1. The molecule has 3 heterocycles. The topological polar surface area (TPSA) is 86.8 Å². The SMILES string of the molecule is COc1cccc(C2CC3C(=O)N(CCNC(=O)c4cccnc4)C=CN3N2)c1. The van der Waals surface area contributed by atoms with Gasteiger partial charge in [-0.05, 0) is 36.2 Å². The monoisotopic (exact) mass is 393 g/mol. The molecule has 1 aromatic carbocycles. The lowest BCUT2D eigenvalue weighted by Crippen LogP contribution is -2.49. The molecule has 0 radical (unpaired) electrons. The van der Waals surface area contributed by atoms with Crippen LogP contribution in [-0.2, 0) is 4.79 Å². The number of nitrogens with zero attached hydrogens (tertiary/aromatic N) is 3. The summed E-state index contributed by atoms with van der Waals surface area (Å²) in [4.78, 5) is 30.6. The van der Waals surface area contributed by atoms with E-state index < -0.39 is 0 Å². The van der Waals surface area contributed by atoms with Crippen molar-refractivity contribution in [2.24, 2.45) is 0 Å². The average molecular weight is 393 g/mol.